The van der Waals surface area contributed by atoms with Crippen molar-refractivity contribution >= 4 is 12.2 Å². The van der Waals surface area contributed by atoms with Crippen molar-refractivity contribution < 1.29 is 9.84 Å². The van der Waals surface area contributed by atoms with Crippen molar-refractivity contribution in [3.05, 3.63) is 54.1 Å². The number of hydrogen-bond acceptors (Lipinski definition) is 5. The molecule has 0 spiro atoms. The Morgan fingerprint density at radius 3 is 2.50 bits per heavy atom. The largest absolute Gasteiger partial charge is 0.508 e. The number of rotatable bonds is 4. The van der Waals surface area contributed by atoms with Crippen molar-refractivity contribution in [3.63, 3.8) is 0 Å². The summed E-state index contributed by atoms with van der Waals surface area (Å²) in [4.78, 5) is 8.52. The highest BCUT2D eigenvalue weighted by Crippen LogP contribution is 2.20. The quantitative estimate of drug-likeness (QED) is 0.725. The van der Waals surface area contributed by atoms with Crippen molar-refractivity contribution in [1.29, 1.82) is 0 Å². The average molecular weight is 294 g/mol. The molecule has 0 radical (unpaired) electrons. The SMILES string of the molecule is COc1ccc(-c2nc(/N=C/c3ccc(O)cc3)n[nH]2)cc1. The number of phenolic OH excluding ortho intramolecular Hbond substituents is 1. The summed E-state index contributed by atoms with van der Waals surface area (Å²) in [6.07, 6.45) is 1.64. The highest BCUT2D eigenvalue weighted by Gasteiger charge is 2.04. The molecule has 0 atom stereocenters. The summed E-state index contributed by atoms with van der Waals surface area (Å²) in [6, 6.07) is 14.2. The molecule has 1 aromatic heterocycles. The van der Waals surface area contributed by atoms with E-state index in [0.717, 1.165) is 16.9 Å². The smallest absolute Gasteiger partial charge is 0.268 e. The number of hydrogen-bond donors (Lipinski definition) is 2. The molecule has 0 amide bonds. The van der Waals surface area contributed by atoms with Crippen LogP contribution in [0.25, 0.3) is 11.4 Å². The van der Waals surface area contributed by atoms with Gasteiger partial charge in [0, 0.05) is 11.8 Å². The van der Waals surface area contributed by atoms with Crippen molar-refractivity contribution in [2.24, 2.45) is 4.99 Å². The minimum atomic E-state index is 0.219. The average Bonchev–Trinajstić information content (AvgIpc) is 3.03. The Hall–Kier alpha value is -3.15. The van der Waals surface area contributed by atoms with Crippen LogP contribution in [0.5, 0.6) is 11.5 Å². The van der Waals surface area contributed by atoms with Crippen LogP contribution in [-0.4, -0.2) is 33.6 Å². The lowest BCUT2D eigenvalue weighted by molar-refractivity contribution is 0.415. The van der Waals surface area contributed by atoms with E-state index in [4.69, 9.17) is 4.74 Å². The third kappa shape index (κ3) is 3.12. The molecule has 0 fully saturated rings. The number of phenols is 1. The van der Waals surface area contributed by atoms with E-state index in [2.05, 4.69) is 20.2 Å². The van der Waals surface area contributed by atoms with Crippen molar-refractivity contribution in [3.8, 4) is 22.9 Å². The summed E-state index contributed by atoms with van der Waals surface area (Å²) in [5.41, 5.74) is 1.76. The molecule has 1 heterocycles. The lowest BCUT2D eigenvalue weighted by Crippen LogP contribution is -1.84. The molecule has 2 N–H and O–H groups in total. The minimum Gasteiger partial charge on any atom is -0.508 e. The van der Waals surface area contributed by atoms with Crippen molar-refractivity contribution in [2.75, 3.05) is 7.11 Å². The summed E-state index contributed by atoms with van der Waals surface area (Å²) in [7, 11) is 1.62. The molecule has 0 saturated heterocycles. The summed E-state index contributed by atoms with van der Waals surface area (Å²) in [5.74, 6) is 1.99. The van der Waals surface area contributed by atoms with Crippen LogP contribution < -0.4 is 4.74 Å². The maximum Gasteiger partial charge on any atom is 0.268 e. The van der Waals surface area contributed by atoms with Crippen LogP contribution in [0.3, 0.4) is 0 Å². The van der Waals surface area contributed by atoms with Gasteiger partial charge in [0.1, 0.15) is 11.5 Å². The van der Waals surface area contributed by atoms with Gasteiger partial charge in [-0.25, -0.2) is 4.99 Å². The summed E-state index contributed by atoms with van der Waals surface area (Å²) in [5, 5.41) is 16.1. The minimum absolute atomic E-state index is 0.219. The predicted molar refractivity (Wildman–Crippen MR) is 83.7 cm³/mol. The number of aromatic amines is 1. The Morgan fingerprint density at radius 1 is 1.09 bits per heavy atom. The Labute approximate surface area is 127 Å². The second-order valence-corrected chi connectivity index (χ2v) is 4.56. The number of nitrogens with one attached hydrogen (secondary N) is 1. The predicted octanol–water partition coefficient (Wildman–Crippen LogP) is 2.94. The second kappa shape index (κ2) is 6.09. The normalized spacial score (nSPS) is 11.0. The Bertz CT molecular complexity index is 777. The third-order valence-electron chi connectivity index (χ3n) is 3.06. The number of aliphatic imine (C=N–C) groups is 1. The molecule has 22 heavy (non-hydrogen) atoms. The molecule has 0 bridgehead atoms. The lowest BCUT2D eigenvalue weighted by Gasteiger charge is -1.99. The fourth-order valence-corrected chi connectivity index (χ4v) is 1.88. The number of H-pyrrole nitrogens is 1. The molecule has 0 aliphatic heterocycles. The van der Waals surface area contributed by atoms with Crippen molar-refractivity contribution in [2.45, 2.75) is 0 Å². The lowest BCUT2D eigenvalue weighted by atomic mass is 10.2. The van der Waals surface area contributed by atoms with Gasteiger partial charge >= 0.3 is 0 Å². The molecular formula is C16H14N4O2. The van der Waals surface area contributed by atoms with Gasteiger partial charge in [-0.3, -0.25) is 5.10 Å². The van der Waals surface area contributed by atoms with Crippen LogP contribution in [0.4, 0.5) is 5.95 Å². The fourth-order valence-electron chi connectivity index (χ4n) is 1.88. The van der Waals surface area contributed by atoms with Crippen LogP contribution >= 0.6 is 0 Å². The first kappa shape index (κ1) is 13.8. The first-order chi connectivity index (χ1) is 10.7. The molecular weight excluding hydrogens is 280 g/mol. The molecule has 0 unspecified atom stereocenters. The van der Waals surface area contributed by atoms with Gasteiger partial charge < -0.3 is 9.84 Å². The van der Waals surface area contributed by atoms with E-state index in [1.165, 1.54) is 0 Å². The molecule has 0 aliphatic carbocycles. The molecule has 2 aromatic carbocycles. The molecule has 3 aromatic rings. The van der Waals surface area contributed by atoms with E-state index in [0.29, 0.717) is 11.8 Å². The number of nitrogens with zero attached hydrogens (tertiary/aromatic N) is 3. The zero-order valence-electron chi connectivity index (χ0n) is 11.9. The van der Waals surface area contributed by atoms with E-state index in [-0.39, 0.29) is 5.75 Å². The zero-order valence-corrected chi connectivity index (χ0v) is 11.9. The van der Waals surface area contributed by atoms with Gasteiger partial charge in [-0.2, -0.15) is 4.98 Å². The van der Waals surface area contributed by atoms with Gasteiger partial charge in [0.2, 0.25) is 0 Å². The van der Waals surface area contributed by atoms with Gasteiger partial charge in [-0.15, -0.1) is 5.10 Å². The van der Waals surface area contributed by atoms with E-state index < -0.39 is 0 Å². The van der Waals surface area contributed by atoms with E-state index in [9.17, 15) is 5.11 Å². The molecule has 6 nitrogen and oxygen atoms in total. The monoisotopic (exact) mass is 294 g/mol. The maximum absolute atomic E-state index is 9.23. The summed E-state index contributed by atoms with van der Waals surface area (Å²) < 4.78 is 5.12. The molecule has 3 rings (SSSR count). The highest BCUT2D eigenvalue weighted by molar-refractivity contribution is 5.81. The second-order valence-electron chi connectivity index (χ2n) is 4.56. The topological polar surface area (TPSA) is 83.4 Å². The summed E-state index contributed by atoms with van der Waals surface area (Å²) in [6.45, 7) is 0. The molecule has 0 aliphatic rings. The van der Waals surface area contributed by atoms with Crippen LogP contribution in [0.2, 0.25) is 0 Å². The maximum atomic E-state index is 9.23. The summed E-state index contributed by atoms with van der Waals surface area (Å²) >= 11 is 0. The fraction of sp³-hybridized carbons (Fsp3) is 0.0625. The first-order valence-electron chi connectivity index (χ1n) is 6.64. The molecule has 0 saturated carbocycles. The third-order valence-corrected chi connectivity index (χ3v) is 3.06. The van der Waals surface area contributed by atoms with Crippen LogP contribution in [0.15, 0.2) is 53.5 Å². The van der Waals surface area contributed by atoms with Crippen LogP contribution in [0.1, 0.15) is 5.56 Å². The van der Waals surface area contributed by atoms with Crippen molar-refractivity contribution in [1.82, 2.24) is 15.2 Å². The van der Waals surface area contributed by atoms with E-state index in [1.807, 2.05) is 24.3 Å². The van der Waals surface area contributed by atoms with E-state index in [1.54, 1.807) is 37.6 Å². The molecule has 110 valence electrons. The van der Waals surface area contributed by atoms with Gasteiger partial charge in [0.25, 0.3) is 5.95 Å². The first-order valence-corrected chi connectivity index (χ1v) is 6.64. The van der Waals surface area contributed by atoms with E-state index >= 15 is 0 Å². The van der Waals surface area contributed by atoms with Gasteiger partial charge in [0.05, 0.1) is 7.11 Å². The van der Waals surface area contributed by atoms with Gasteiger partial charge in [-0.1, -0.05) is 0 Å². The van der Waals surface area contributed by atoms with Crippen LogP contribution in [-0.2, 0) is 0 Å². The molecule has 6 heteroatoms. The van der Waals surface area contributed by atoms with Gasteiger partial charge in [0.15, 0.2) is 5.82 Å². The van der Waals surface area contributed by atoms with Crippen LogP contribution in [0, 0.1) is 0 Å². The number of ether oxygens (including phenoxy) is 1. The number of methoxy groups -OCH3 is 1. The number of benzene rings is 2. The Balaban J connectivity index is 1.76. The van der Waals surface area contributed by atoms with Gasteiger partial charge in [-0.05, 0) is 54.1 Å². The number of aromatic nitrogens is 3. The Morgan fingerprint density at radius 2 is 1.82 bits per heavy atom. The standard InChI is InChI=1S/C16H14N4O2/c1-22-14-8-4-12(5-9-14)15-18-16(20-19-15)17-10-11-2-6-13(21)7-3-11/h2-10,21H,1H3,(H,18,19,20)/b17-10+. The highest BCUT2D eigenvalue weighted by atomic mass is 16.5. The number of aromatic hydroxyl groups is 1. The Kier molecular flexibility index (Phi) is 3.82. The zero-order chi connectivity index (χ0) is 15.4.